The summed E-state index contributed by atoms with van der Waals surface area (Å²) in [6, 6.07) is 7.77. The lowest BCUT2D eigenvalue weighted by molar-refractivity contribution is 0.712. The Kier molecular flexibility index (Phi) is 4.04. The van der Waals surface area contributed by atoms with Gasteiger partial charge < -0.3 is 5.73 Å². The van der Waals surface area contributed by atoms with E-state index in [1.54, 1.807) is 0 Å². The van der Waals surface area contributed by atoms with Crippen molar-refractivity contribution < 1.29 is 0 Å². The summed E-state index contributed by atoms with van der Waals surface area (Å²) in [7, 11) is 1.92. The van der Waals surface area contributed by atoms with Crippen LogP contribution >= 0.6 is 11.6 Å². The molecular formula is C14H18ClN3. The normalized spacial score (nSPS) is 12.7. The number of hydrogen-bond donors (Lipinski definition) is 1. The maximum Gasteiger partial charge on any atom is 0.0669 e. The van der Waals surface area contributed by atoms with Crippen LogP contribution in [0.25, 0.3) is 0 Å². The second-order valence-corrected chi connectivity index (χ2v) is 4.87. The van der Waals surface area contributed by atoms with Crippen molar-refractivity contribution in [2.75, 3.05) is 0 Å². The van der Waals surface area contributed by atoms with Gasteiger partial charge in [0.1, 0.15) is 0 Å². The van der Waals surface area contributed by atoms with Gasteiger partial charge in [-0.2, -0.15) is 5.10 Å². The van der Waals surface area contributed by atoms with E-state index >= 15 is 0 Å². The van der Waals surface area contributed by atoms with Gasteiger partial charge in [-0.1, -0.05) is 36.7 Å². The van der Waals surface area contributed by atoms with Crippen LogP contribution in [0.3, 0.4) is 0 Å². The third-order valence-corrected chi connectivity index (χ3v) is 3.44. The van der Waals surface area contributed by atoms with Crippen molar-refractivity contribution in [2.24, 2.45) is 12.8 Å². The first-order chi connectivity index (χ1) is 8.61. The average Bonchev–Trinajstić information content (AvgIpc) is 2.73. The fourth-order valence-electron chi connectivity index (χ4n) is 2.15. The SMILES string of the molecule is CCc1nn(C)cc1C(N)Cc1ccccc1Cl. The third-order valence-electron chi connectivity index (χ3n) is 3.07. The van der Waals surface area contributed by atoms with E-state index in [1.165, 1.54) is 0 Å². The Labute approximate surface area is 113 Å². The molecule has 0 aliphatic carbocycles. The lowest BCUT2D eigenvalue weighted by Gasteiger charge is -2.12. The van der Waals surface area contributed by atoms with Gasteiger partial charge in [-0.25, -0.2) is 0 Å². The van der Waals surface area contributed by atoms with Crippen molar-refractivity contribution in [3.8, 4) is 0 Å². The molecule has 0 radical (unpaired) electrons. The van der Waals surface area contributed by atoms with Gasteiger partial charge in [0.05, 0.1) is 5.69 Å². The molecule has 2 rings (SSSR count). The number of aryl methyl sites for hydroxylation is 2. The van der Waals surface area contributed by atoms with E-state index in [9.17, 15) is 0 Å². The minimum atomic E-state index is -0.0615. The number of benzene rings is 1. The van der Waals surface area contributed by atoms with E-state index in [1.807, 2.05) is 42.2 Å². The van der Waals surface area contributed by atoms with Gasteiger partial charge in [0.25, 0.3) is 0 Å². The van der Waals surface area contributed by atoms with E-state index in [-0.39, 0.29) is 6.04 Å². The molecule has 1 aromatic heterocycles. The highest BCUT2D eigenvalue weighted by molar-refractivity contribution is 6.31. The number of nitrogens with zero attached hydrogens (tertiary/aromatic N) is 2. The van der Waals surface area contributed by atoms with E-state index in [2.05, 4.69) is 12.0 Å². The molecule has 2 N–H and O–H groups in total. The first-order valence-corrected chi connectivity index (χ1v) is 6.51. The second kappa shape index (κ2) is 5.55. The van der Waals surface area contributed by atoms with E-state index in [0.29, 0.717) is 0 Å². The fourth-order valence-corrected chi connectivity index (χ4v) is 2.36. The molecule has 1 unspecified atom stereocenters. The molecule has 4 heteroatoms. The summed E-state index contributed by atoms with van der Waals surface area (Å²) in [6.45, 7) is 2.09. The van der Waals surface area contributed by atoms with Crippen molar-refractivity contribution in [1.29, 1.82) is 0 Å². The van der Waals surface area contributed by atoms with Crippen LogP contribution in [0.15, 0.2) is 30.5 Å². The zero-order valence-electron chi connectivity index (χ0n) is 10.7. The van der Waals surface area contributed by atoms with Crippen LogP contribution in [-0.4, -0.2) is 9.78 Å². The highest BCUT2D eigenvalue weighted by Crippen LogP contribution is 2.23. The van der Waals surface area contributed by atoms with Crippen LogP contribution in [0.2, 0.25) is 5.02 Å². The van der Waals surface area contributed by atoms with E-state index in [4.69, 9.17) is 17.3 Å². The van der Waals surface area contributed by atoms with Crippen molar-refractivity contribution in [1.82, 2.24) is 9.78 Å². The van der Waals surface area contributed by atoms with Crippen LogP contribution in [0, 0.1) is 0 Å². The Balaban J connectivity index is 2.21. The molecule has 0 saturated heterocycles. The second-order valence-electron chi connectivity index (χ2n) is 4.46. The minimum absolute atomic E-state index is 0.0615. The Bertz CT molecular complexity index is 534. The molecule has 0 aliphatic heterocycles. The standard InChI is InChI=1S/C14H18ClN3/c1-3-14-11(9-18(2)17-14)13(16)8-10-6-4-5-7-12(10)15/h4-7,9,13H,3,8,16H2,1-2H3. The average molecular weight is 264 g/mol. The van der Waals surface area contributed by atoms with Crippen molar-refractivity contribution in [2.45, 2.75) is 25.8 Å². The Morgan fingerprint density at radius 2 is 2.11 bits per heavy atom. The van der Waals surface area contributed by atoms with Crippen molar-refractivity contribution in [3.05, 3.63) is 52.3 Å². The lowest BCUT2D eigenvalue weighted by Crippen LogP contribution is -2.14. The molecule has 0 bridgehead atoms. The monoisotopic (exact) mass is 263 g/mol. The quantitative estimate of drug-likeness (QED) is 0.922. The fraction of sp³-hybridized carbons (Fsp3) is 0.357. The van der Waals surface area contributed by atoms with E-state index < -0.39 is 0 Å². The molecule has 0 fully saturated rings. The van der Waals surface area contributed by atoms with Gasteiger partial charge >= 0.3 is 0 Å². The number of nitrogens with two attached hydrogens (primary N) is 1. The maximum absolute atomic E-state index is 6.27. The molecule has 1 aromatic carbocycles. The first kappa shape index (κ1) is 13.1. The highest BCUT2D eigenvalue weighted by Gasteiger charge is 2.15. The first-order valence-electron chi connectivity index (χ1n) is 6.13. The van der Waals surface area contributed by atoms with Crippen molar-refractivity contribution in [3.63, 3.8) is 0 Å². The van der Waals surface area contributed by atoms with Crippen LogP contribution < -0.4 is 5.73 Å². The molecule has 1 heterocycles. The number of rotatable bonds is 4. The molecule has 0 amide bonds. The summed E-state index contributed by atoms with van der Waals surface area (Å²) in [5.41, 5.74) is 9.53. The molecule has 0 saturated carbocycles. The molecule has 18 heavy (non-hydrogen) atoms. The number of hydrogen-bond acceptors (Lipinski definition) is 2. The van der Waals surface area contributed by atoms with Gasteiger partial charge in [0, 0.05) is 29.9 Å². The molecule has 0 aliphatic rings. The highest BCUT2D eigenvalue weighted by atomic mass is 35.5. The predicted molar refractivity (Wildman–Crippen MR) is 74.7 cm³/mol. The molecule has 2 aromatic rings. The zero-order chi connectivity index (χ0) is 13.1. The summed E-state index contributed by atoms with van der Waals surface area (Å²) in [5.74, 6) is 0. The summed E-state index contributed by atoms with van der Waals surface area (Å²) in [6.07, 6.45) is 3.63. The molecule has 1 atom stereocenters. The number of halogens is 1. The topological polar surface area (TPSA) is 43.8 Å². The Hall–Kier alpha value is -1.32. The van der Waals surface area contributed by atoms with Crippen LogP contribution in [0.5, 0.6) is 0 Å². The summed E-state index contributed by atoms with van der Waals surface area (Å²) >= 11 is 6.16. The number of aromatic nitrogens is 2. The van der Waals surface area contributed by atoms with Gasteiger partial charge in [-0.3, -0.25) is 4.68 Å². The maximum atomic E-state index is 6.27. The van der Waals surface area contributed by atoms with Crippen molar-refractivity contribution >= 4 is 11.6 Å². The Morgan fingerprint density at radius 3 is 2.78 bits per heavy atom. The minimum Gasteiger partial charge on any atom is -0.324 e. The van der Waals surface area contributed by atoms with Crippen LogP contribution in [-0.2, 0) is 19.9 Å². The summed E-state index contributed by atoms with van der Waals surface area (Å²) < 4.78 is 1.82. The predicted octanol–water partition coefficient (Wildman–Crippen LogP) is 2.88. The van der Waals surface area contributed by atoms with Gasteiger partial charge in [0.15, 0.2) is 0 Å². The van der Waals surface area contributed by atoms with Gasteiger partial charge in [-0.05, 0) is 24.5 Å². The van der Waals surface area contributed by atoms with Gasteiger partial charge in [-0.15, -0.1) is 0 Å². The molecule has 96 valence electrons. The third kappa shape index (κ3) is 2.74. The summed E-state index contributed by atoms with van der Waals surface area (Å²) in [5, 5.41) is 5.19. The Morgan fingerprint density at radius 1 is 1.39 bits per heavy atom. The van der Waals surface area contributed by atoms with Crippen LogP contribution in [0.4, 0.5) is 0 Å². The lowest BCUT2D eigenvalue weighted by atomic mass is 9.99. The van der Waals surface area contributed by atoms with Crippen LogP contribution in [0.1, 0.15) is 29.8 Å². The van der Waals surface area contributed by atoms with Gasteiger partial charge in [0.2, 0.25) is 0 Å². The molecule has 3 nitrogen and oxygen atoms in total. The summed E-state index contributed by atoms with van der Waals surface area (Å²) in [4.78, 5) is 0. The molecular weight excluding hydrogens is 246 g/mol. The largest absolute Gasteiger partial charge is 0.324 e. The zero-order valence-corrected chi connectivity index (χ0v) is 11.5. The molecule has 0 spiro atoms. The van der Waals surface area contributed by atoms with E-state index in [0.717, 1.165) is 34.7 Å². The smallest absolute Gasteiger partial charge is 0.0669 e.